The molecule has 208 valence electrons. The first-order chi connectivity index (χ1) is 17.6. The number of β-amino-alcohol motifs (C(OH)–C–C–N with tert-alkyl or cyclic N) is 1. The van der Waals surface area contributed by atoms with Gasteiger partial charge in [0, 0.05) is 31.8 Å². The number of carboxylic acid groups (broad SMARTS) is 1. The van der Waals surface area contributed by atoms with Crippen LogP contribution in [-0.4, -0.2) is 60.7 Å². The number of rotatable bonds is 11. The second-order valence-corrected chi connectivity index (χ2v) is 12.5. The highest BCUT2D eigenvalue weighted by molar-refractivity contribution is 7.89. The summed E-state index contributed by atoms with van der Waals surface area (Å²) in [5, 5.41) is 22.6. The Balaban J connectivity index is 1.64. The van der Waals surface area contributed by atoms with Gasteiger partial charge in [0.1, 0.15) is 0 Å². The molecule has 3 N–H and O–H groups in total. The smallest absolute Gasteiger partial charge is 0.416 e. The fourth-order valence-corrected chi connectivity index (χ4v) is 6.11. The standard InChI is InChI=1S/C27H33F3N2O5S/c1-26(2,15-19-10-20-6-4-5-7-21(20)11-19)31-16-23(33)17-32(3)38(36,37)24-13-18(8-9-25(34)35)12-22(14-24)27(28,29)30/h4-9,12-14,19,23,31,33H,10-11,15-17H2,1-3H3,(H,34,35). The molecule has 0 heterocycles. The zero-order valence-corrected chi connectivity index (χ0v) is 22.3. The maximum atomic E-state index is 13.4. The summed E-state index contributed by atoms with van der Waals surface area (Å²) in [6.45, 7) is 3.76. The van der Waals surface area contributed by atoms with Gasteiger partial charge in [0.2, 0.25) is 10.0 Å². The number of carbonyl (C=O) groups is 1. The van der Waals surface area contributed by atoms with Crippen LogP contribution >= 0.6 is 0 Å². The molecule has 0 saturated heterocycles. The summed E-state index contributed by atoms with van der Waals surface area (Å²) in [6.07, 6.45) is -1.65. The molecule has 1 unspecified atom stereocenters. The van der Waals surface area contributed by atoms with Gasteiger partial charge in [-0.1, -0.05) is 24.3 Å². The van der Waals surface area contributed by atoms with Crippen molar-refractivity contribution in [2.45, 2.75) is 55.8 Å². The third-order valence-electron chi connectivity index (χ3n) is 6.60. The quantitative estimate of drug-likeness (QED) is 0.363. The summed E-state index contributed by atoms with van der Waals surface area (Å²) >= 11 is 0. The van der Waals surface area contributed by atoms with E-state index in [4.69, 9.17) is 5.11 Å². The van der Waals surface area contributed by atoms with Crippen molar-refractivity contribution >= 4 is 22.1 Å². The Labute approximate surface area is 221 Å². The topological polar surface area (TPSA) is 107 Å². The fraction of sp³-hybridized carbons (Fsp3) is 0.444. The number of hydrogen-bond donors (Lipinski definition) is 3. The number of nitrogens with zero attached hydrogens (tertiary/aromatic N) is 1. The van der Waals surface area contributed by atoms with Gasteiger partial charge < -0.3 is 15.5 Å². The first-order valence-electron chi connectivity index (χ1n) is 12.2. The van der Waals surface area contributed by atoms with Crippen molar-refractivity contribution in [1.29, 1.82) is 0 Å². The molecule has 0 amide bonds. The van der Waals surface area contributed by atoms with E-state index in [1.807, 2.05) is 26.0 Å². The van der Waals surface area contributed by atoms with Crippen molar-refractivity contribution < 1.29 is 36.6 Å². The summed E-state index contributed by atoms with van der Waals surface area (Å²) in [5.74, 6) is -0.944. The molecule has 0 bridgehead atoms. The number of halogens is 3. The Morgan fingerprint density at radius 3 is 2.32 bits per heavy atom. The summed E-state index contributed by atoms with van der Waals surface area (Å²) in [5.41, 5.74) is 0.896. The van der Waals surface area contributed by atoms with Gasteiger partial charge >= 0.3 is 12.1 Å². The molecule has 7 nitrogen and oxygen atoms in total. The number of fused-ring (bicyclic) bond motifs is 1. The van der Waals surface area contributed by atoms with Gasteiger partial charge in [0.25, 0.3) is 0 Å². The minimum atomic E-state index is -4.84. The molecule has 1 atom stereocenters. The lowest BCUT2D eigenvalue weighted by atomic mass is 9.88. The summed E-state index contributed by atoms with van der Waals surface area (Å²) in [6, 6.07) is 10.4. The normalized spacial score (nSPS) is 15.8. The van der Waals surface area contributed by atoms with Crippen LogP contribution in [0.15, 0.2) is 53.4 Å². The van der Waals surface area contributed by atoms with Crippen LogP contribution < -0.4 is 5.32 Å². The van der Waals surface area contributed by atoms with Crippen molar-refractivity contribution in [1.82, 2.24) is 9.62 Å². The zero-order valence-electron chi connectivity index (χ0n) is 21.5. The number of aliphatic hydroxyl groups is 1. The SMILES string of the molecule is CN(CC(O)CNC(C)(C)CC1Cc2ccccc2C1)S(=O)(=O)c1cc(C=CC(=O)O)cc(C(F)(F)F)c1. The van der Waals surface area contributed by atoms with Crippen LogP contribution in [-0.2, 0) is 33.8 Å². The molecule has 0 aromatic heterocycles. The molecule has 1 aliphatic rings. The number of alkyl halides is 3. The molecule has 3 rings (SSSR count). The number of carboxylic acids is 1. The van der Waals surface area contributed by atoms with E-state index >= 15 is 0 Å². The second-order valence-electron chi connectivity index (χ2n) is 10.4. The van der Waals surface area contributed by atoms with Crippen molar-refractivity contribution in [3.63, 3.8) is 0 Å². The van der Waals surface area contributed by atoms with E-state index in [-0.39, 0.29) is 24.2 Å². The first-order valence-corrected chi connectivity index (χ1v) is 13.6. The summed E-state index contributed by atoms with van der Waals surface area (Å²) in [4.78, 5) is 10.1. The lowest BCUT2D eigenvalue weighted by molar-refractivity contribution is -0.137. The van der Waals surface area contributed by atoms with Crippen LogP contribution in [0, 0.1) is 5.92 Å². The maximum Gasteiger partial charge on any atom is 0.416 e. The molecule has 2 aromatic carbocycles. The Morgan fingerprint density at radius 2 is 1.76 bits per heavy atom. The van der Waals surface area contributed by atoms with Crippen LogP contribution in [0.2, 0.25) is 0 Å². The number of aliphatic carboxylic acids is 1. The fourth-order valence-electron chi connectivity index (χ4n) is 4.82. The second kappa shape index (κ2) is 11.6. The largest absolute Gasteiger partial charge is 0.478 e. The minimum Gasteiger partial charge on any atom is -0.478 e. The van der Waals surface area contributed by atoms with Gasteiger partial charge in [-0.15, -0.1) is 0 Å². The number of aliphatic hydroxyl groups excluding tert-OH is 1. The number of benzene rings is 2. The lowest BCUT2D eigenvalue weighted by Gasteiger charge is -2.31. The Hall–Kier alpha value is -2.73. The average Bonchev–Trinajstić information content (AvgIpc) is 3.22. The van der Waals surface area contributed by atoms with Crippen LogP contribution in [0.25, 0.3) is 6.08 Å². The predicted molar refractivity (Wildman–Crippen MR) is 138 cm³/mol. The predicted octanol–water partition coefficient (Wildman–Crippen LogP) is 3.96. The van der Waals surface area contributed by atoms with E-state index in [2.05, 4.69) is 17.4 Å². The summed E-state index contributed by atoms with van der Waals surface area (Å²) < 4.78 is 67.1. The molecule has 0 saturated carbocycles. The van der Waals surface area contributed by atoms with E-state index in [0.717, 1.165) is 35.7 Å². The Kier molecular flexibility index (Phi) is 9.08. The maximum absolute atomic E-state index is 13.4. The van der Waals surface area contributed by atoms with E-state index in [0.29, 0.717) is 24.1 Å². The number of hydrogen-bond acceptors (Lipinski definition) is 5. The first kappa shape index (κ1) is 29.8. The molecular weight excluding hydrogens is 521 g/mol. The van der Waals surface area contributed by atoms with Gasteiger partial charge in [-0.05, 0) is 80.0 Å². The van der Waals surface area contributed by atoms with Gasteiger partial charge in [0.15, 0.2) is 0 Å². The van der Waals surface area contributed by atoms with Gasteiger partial charge in [-0.2, -0.15) is 17.5 Å². The number of likely N-dealkylation sites (N-methyl/N-ethyl adjacent to an activating group) is 1. The Bertz CT molecular complexity index is 1270. The molecular formula is C27H33F3N2O5S. The van der Waals surface area contributed by atoms with E-state index in [9.17, 15) is 31.5 Å². The van der Waals surface area contributed by atoms with Crippen LogP contribution in [0.4, 0.5) is 13.2 Å². The number of sulfonamides is 1. The molecule has 1 aliphatic carbocycles. The third kappa shape index (κ3) is 7.89. The highest BCUT2D eigenvalue weighted by Crippen LogP contribution is 2.33. The molecule has 11 heteroatoms. The molecule has 0 fully saturated rings. The third-order valence-corrected chi connectivity index (χ3v) is 8.40. The molecule has 38 heavy (non-hydrogen) atoms. The van der Waals surface area contributed by atoms with Gasteiger partial charge in [-0.25, -0.2) is 13.2 Å². The highest BCUT2D eigenvalue weighted by Gasteiger charge is 2.34. The van der Waals surface area contributed by atoms with Gasteiger partial charge in [-0.3, -0.25) is 0 Å². The van der Waals surface area contributed by atoms with Crippen LogP contribution in [0.1, 0.15) is 42.5 Å². The summed E-state index contributed by atoms with van der Waals surface area (Å²) in [7, 11) is -3.24. The van der Waals surface area contributed by atoms with Crippen LogP contribution in [0.5, 0.6) is 0 Å². The van der Waals surface area contributed by atoms with E-state index < -0.39 is 38.7 Å². The molecule has 0 aliphatic heterocycles. The highest BCUT2D eigenvalue weighted by atomic mass is 32.2. The van der Waals surface area contributed by atoms with Crippen molar-refractivity contribution in [2.75, 3.05) is 20.1 Å². The van der Waals surface area contributed by atoms with Crippen molar-refractivity contribution in [3.05, 3.63) is 70.8 Å². The van der Waals surface area contributed by atoms with E-state index in [1.165, 1.54) is 18.2 Å². The van der Waals surface area contributed by atoms with Crippen LogP contribution in [0.3, 0.4) is 0 Å². The lowest BCUT2D eigenvalue weighted by Crippen LogP contribution is -2.47. The number of nitrogens with one attached hydrogen (secondary N) is 1. The Morgan fingerprint density at radius 1 is 1.16 bits per heavy atom. The minimum absolute atomic E-state index is 0.0850. The zero-order chi connectivity index (χ0) is 28.3. The van der Waals surface area contributed by atoms with Crippen molar-refractivity contribution in [2.24, 2.45) is 5.92 Å². The molecule has 2 aromatic rings. The average molecular weight is 555 g/mol. The monoisotopic (exact) mass is 554 g/mol. The molecule has 0 spiro atoms. The van der Waals surface area contributed by atoms with Crippen molar-refractivity contribution in [3.8, 4) is 0 Å². The van der Waals surface area contributed by atoms with E-state index in [1.54, 1.807) is 0 Å². The van der Waals surface area contributed by atoms with Gasteiger partial charge in [0.05, 0.1) is 16.6 Å². The molecule has 0 radical (unpaired) electrons.